The van der Waals surface area contributed by atoms with Crippen LogP contribution >= 0.6 is 0 Å². The van der Waals surface area contributed by atoms with Crippen molar-refractivity contribution in [2.24, 2.45) is 5.92 Å². The minimum atomic E-state index is -3.19. The quantitative estimate of drug-likeness (QED) is 0.741. The molecule has 1 aromatic heterocycles. The SMILES string of the molecule is CS(=O)(=O)N1CCC(C(=O)Nc2ccc(-c3ccc(N4CCCCCC4)nn3)cc2)CC1. The molecule has 9 heteroatoms. The molecular formula is C23H31N5O3S. The molecule has 1 N–H and O–H groups in total. The smallest absolute Gasteiger partial charge is 0.227 e. The Morgan fingerprint density at radius 3 is 2.12 bits per heavy atom. The van der Waals surface area contributed by atoms with Crippen LogP contribution in [0.4, 0.5) is 11.5 Å². The summed E-state index contributed by atoms with van der Waals surface area (Å²) in [4.78, 5) is 14.9. The fourth-order valence-electron chi connectivity index (χ4n) is 4.37. The lowest BCUT2D eigenvalue weighted by atomic mass is 9.97. The van der Waals surface area contributed by atoms with Crippen LogP contribution in [0.15, 0.2) is 36.4 Å². The van der Waals surface area contributed by atoms with Crippen molar-refractivity contribution in [3.63, 3.8) is 0 Å². The van der Waals surface area contributed by atoms with E-state index in [-0.39, 0.29) is 11.8 Å². The van der Waals surface area contributed by atoms with Gasteiger partial charge in [0.2, 0.25) is 15.9 Å². The third-order valence-electron chi connectivity index (χ3n) is 6.32. The van der Waals surface area contributed by atoms with E-state index in [1.54, 1.807) is 0 Å². The number of aromatic nitrogens is 2. The molecule has 2 aromatic rings. The van der Waals surface area contributed by atoms with Crippen molar-refractivity contribution in [2.45, 2.75) is 38.5 Å². The molecule has 2 aliphatic rings. The predicted molar refractivity (Wildman–Crippen MR) is 126 cm³/mol. The third kappa shape index (κ3) is 5.63. The molecular weight excluding hydrogens is 426 g/mol. The summed E-state index contributed by atoms with van der Waals surface area (Å²) in [6, 6.07) is 11.6. The second kappa shape index (κ2) is 9.95. The number of carbonyl (C=O) groups is 1. The number of anilines is 2. The van der Waals surface area contributed by atoms with Gasteiger partial charge in [0.25, 0.3) is 0 Å². The average molecular weight is 458 g/mol. The normalized spacial score (nSPS) is 18.8. The second-order valence-corrected chi connectivity index (χ2v) is 10.7. The Morgan fingerprint density at radius 1 is 0.906 bits per heavy atom. The standard InChI is InChI=1S/C23H31N5O3S/c1-32(30,31)28-16-12-19(13-17-28)23(29)24-20-8-6-18(7-9-20)21-10-11-22(26-25-21)27-14-4-2-3-5-15-27/h6-11,19H,2-5,12-17H2,1H3,(H,24,29). The van der Waals surface area contributed by atoms with E-state index in [9.17, 15) is 13.2 Å². The number of hydrogen-bond donors (Lipinski definition) is 1. The van der Waals surface area contributed by atoms with Crippen molar-refractivity contribution in [1.82, 2.24) is 14.5 Å². The van der Waals surface area contributed by atoms with E-state index in [0.29, 0.717) is 25.9 Å². The second-order valence-electron chi connectivity index (χ2n) is 8.68. The minimum Gasteiger partial charge on any atom is -0.355 e. The molecule has 0 aliphatic carbocycles. The van der Waals surface area contributed by atoms with Gasteiger partial charge in [-0.3, -0.25) is 4.79 Å². The van der Waals surface area contributed by atoms with Crippen LogP contribution in [-0.4, -0.2) is 61.3 Å². The highest BCUT2D eigenvalue weighted by Gasteiger charge is 2.28. The predicted octanol–water partition coefficient (Wildman–Crippen LogP) is 3.13. The van der Waals surface area contributed by atoms with Crippen LogP contribution in [0.25, 0.3) is 11.3 Å². The Balaban J connectivity index is 1.33. The molecule has 2 fully saturated rings. The molecule has 0 bridgehead atoms. The molecule has 2 saturated heterocycles. The minimum absolute atomic E-state index is 0.0625. The summed E-state index contributed by atoms with van der Waals surface area (Å²) in [5.74, 6) is 0.694. The molecule has 0 saturated carbocycles. The van der Waals surface area contributed by atoms with Gasteiger partial charge in [0, 0.05) is 43.3 Å². The first-order valence-electron chi connectivity index (χ1n) is 11.4. The summed E-state index contributed by atoms with van der Waals surface area (Å²) in [6.45, 7) is 2.86. The largest absolute Gasteiger partial charge is 0.355 e. The van der Waals surface area contributed by atoms with Gasteiger partial charge in [-0.15, -0.1) is 10.2 Å². The maximum Gasteiger partial charge on any atom is 0.227 e. The molecule has 2 aliphatic heterocycles. The number of amides is 1. The van der Waals surface area contributed by atoms with E-state index in [0.717, 1.165) is 35.9 Å². The summed E-state index contributed by atoms with van der Waals surface area (Å²) in [7, 11) is -3.19. The molecule has 3 heterocycles. The number of sulfonamides is 1. The van der Waals surface area contributed by atoms with Crippen molar-refractivity contribution in [3.05, 3.63) is 36.4 Å². The van der Waals surface area contributed by atoms with Crippen LogP contribution < -0.4 is 10.2 Å². The summed E-state index contributed by atoms with van der Waals surface area (Å²) >= 11 is 0. The monoisotopic (exact) mass is 457 g/mol. The molecule has 32 heavy (non-hydrogen) atoms. The summed E-state index contributed by atoms with van der Waals surface area (Å²) < 4.78 is 24.7. The molecule has 8 nitrogen and oxygen atoms in total. The average Bonchev–Trinajstić information content (AvgIpc) is 3.09. The van der Waals surface area contributed by atoms with E-state index in [1.165, 1.54) is 36.2 Å². The molecule has 0 radical (unpaired) electrons. The summed E-state index contributed by atoms with van der Waals surface area (Å²) in [5, 5.41) is 11.8. The zero-order chi connectivity index (χ0) is 22.6. The van der Waals surface area contributed by atoms with E-state index in [1.807, 2.05) is 36.4 Å². The third-order valence-corrected chi connectivity index (χ3v) is 7.63. The lowest BCUT2D eigenvalue weighted by Gasteiger charge is -2.29. The lowest BCUT2D eigenvalue weighted by Crippen LogP contribution is -2.40. The number of benzene rings is 1. The van der Waals surface area contributed by atoms with Crippen LogP contribution in [0.5, 0.6) is 0 Å². The van der Waals surface area contributed by atoms with Gasteiger partial charge in [-0.2, -0.15) is 0 Å². The van der Waals surface area contributed by atoms with Gasteiger partial charge in [0.1, 0.15) is 0 Å². The first-order valence-corrected chi connectivity index (χ1v) is 13.2. The van der Waals surface area contributed by atoms with Crippen molar-refractivity contribution in [1.29, 1.82) is 0 Å². The number of piperidine rings is 1. The highest BCUT2D eigenvalue weighted by molar-refractivity contribution is 7.88. The van der Waals surface area contributed by atoms with E-state index in [4.69, 9.17) is 0 Å². The van der Waals surface area contributed by atoms with Crippen molar-refractivity contribution in [3.8, 4) is 11.3 Å². The van der Waals surface area contributed by atoms with Crippen LogP contribution in [0.1, 0.15) is 38.5 Å². The number of hydrogen-bond acceptors (Lipinski definition) is 6. The number of nitrogens with one attached hydrogen (secondary N) is 1. The maximum atomic E-state index is 12.6. The Kier molecular flexibility index (Phi) is 7.05. The Bertz CT molecular complexity index is 1010. The molecule has 4 rings (SSSR count). The first-order chi connectivity index (χ1) is 15.4. The highest BCUT2D eigenvalue weighted by Crippen LogP contribution is 2.24. The highest BCUT2D eigenvalue weighted by atomic mass is 32.2. The number of carbonyl (C=O) groups excluding carboxylic acids is 1. The zero-order valence-corrected chi connectivity index (χ0v) is 19.4. The molecule has 172 valence electrons. The molecule has 0 spiro atoms. The van der Waals surface area contributed by atoms with Crippen molar-refractivity contribution in [2.75, 3.05) is 42.7 Å². The zero-order valence-electron chi connectivity index (χ0n) is 18.5. The summed E-state index contributed by atoms with van der Waals surface area (Å²) in [6.07, 6.45) is 7.25. The van der Waals surface area contributed by atoms with Gasteiger partial charge in [-0.1, -0.05) is 25.0 Å². The van der Waals surface area contributed by atoms with Crippen LogP contribution in [0.2, 0.25) is 0 Å². The van der Waals surface area contributed by atoms with E-state index < -0.39 is 10.0 Å². The molecule has 1 aromatic carbocycles. The number of rotatable bonds is 5. The topological polar surface area (TPSA) is 95.5 Å². The Labute approximate surface area is 190 Å². The van der Waals surface area contributed by atoms with Gasteiger partial charge >= 0.3 is 0 Å². The van der Waals surface area contributed by atoms with Gasteiger partial charge in [0.15, 0.2) is 5.82 Å². The van der Waals surface area contributed by atoms with Crippen LogP contribution in [0, 0.1) is 5.92 Å². The molecule has 0 atom stereocenters. The lowest BCUT2D eigenvalue weighted by molar-refractivity contribution is -0.120. The fraction of sp³-hybridized carbons (Fsp3) is 0.522. The van der Waals surface area contributed by atoms with E-state index >= 15 is 0 Å². The van der Waals surface area contributed by atoms with Gasteiger partial charge < -0.3 is 10.2 Å². The maximum absolute atomic E-state index is 12.6. The fourth-order valence-corrected chi connectivity index (χ4v) is 5.24. The first kappa shape index (κ1) is 22.7. The van der Waals surface area contributed by atoms with Crippen molar-refractivity contribution < 1.29 is 13.2 Å². The Morgan fingerprint density at radius 2 is 1.56 bits per heavy atom. The number of nitrogens with zero attached hydrogens (tertiary/aromatic N) is 4. The van der Waals surface area contributed by atoms with Gasteiger partial charge in [-0.05, 0) is 49.9 Å². The van der Waals surface area contributed by atoms with Gasteiger partial charge in [0.05, 0.1) is 11.9 Å². The van der Waals surface area contributed by atoms with Crippen molar-refractivity contribution >= 4 is 27.4 Å². The summed E-state index contributed by atoms with van der Waals surface area (Å²) in [5.41, 5.74) is 2.47. The molecule has 0 unspecified atom stereocenters. The Hall–Kier alpha value is -2.52. The van der Waals surface area contributed by atoms with Gasteiger partial charge in [-0.25, -0.2) is 12.7 Å². The van der Waals surface area contributed by atoms with E-state index in [2.05, 4.69) is 20.4 Å². The van der Waals surface area contributed by atoms with Crippen LogP contribution in [-0.2, 0) is 14.8 Å². The van der Waals surface area contributed by atoms with Crippen LogP contribution in [0.3, 0.4) is 0 Å². The molecule has 1 amide bonds.